The van der Waals surface area contributed by atoms with E-state index in [-0.39, 0.29) is 0 Å². The van der Waals surface area contributed by atoms with Gasteiger partial charge in [-0.2, -0.15) is 0 Å². The fourth-order valence-electron chi connectivity index (χ4n) is 4.91. The largest absolute Gasteiger partial charge is 0.124 e. The molecule has 3 atom stereocenters. The van der Waals surface area contributed by atoms with Crippen LogP contribution in [0.25, 0.3) is 0 Å². The highest BCUT2D eigenvalue weighted by atomic mass is 14.9. The third-order valence-electron chi connectivity index (χ3n) is 5.99. The van der Waals surface area contributed by atoms with Gasteiger partial charge in [0.25, 0.3) is 0 Å². The lowest BCUT2D eigenvalue weighted by atomic mass is 9.66. The summed E-state index contributed by atoms with van der Waals surface area (Å²) in [6.07, 6.45) is 14.1. The van der Waals surface area contributed by atoms with E-state index in [2.05, 4.69) is 33.6 Å². The molecule has 0 bridgehead atoms. The van der Waals surface area contributed by atoms with E-state index in [1.165, 1.54) is 6.42 Å². The van der Waals surface area contributed by atoms with Crippen LogP contribution in [0.15, 0.2) is 0 Å². The van der Waals surface area contributed by atoms with Crippen molar-refractivity contribution in [3.63, 3.8) is 0 Å². The van der Waals surface area contributed by atoms with Gasteiger partial charge in [-0.15, -0.1) is 12.8 Å². The lowest BCUT2D eigenvalue weighted by molar-refractivity contribution is 0.111. The van der Waals surface area contributed by atoms with Gasteiger partial charge in [-0.3, -0.25) is 0 Å². The van der Waals surface area contributed by atoms with Gasteiger partial charge >= 0.3 is 0 Å². The molecule has 3 aliphatic carbocycles. The van der Waals surface area contributed by atoms with Gasteiger partial charge < -0.3 is 0 Å². The molecule has 3 fully saturated rings. The van der Waals surface area contributed by atoms with Crippen LogP contribution in [0.1, 0.15) is 46.5 Å². The van der Waals surface area contributed by atoms with E-state index in [0.29, 0.717) is 5.41 Å². The first-order chi connectivity index (χ1) is 6.06. The molecule has 72 valence electrons. The first-order valence-electron chi connectivity index (χ1n) is 5.40. The van der Waals surface area contributed by atoms with Crippen LogP contribution in [-0.4, -0.2) is 0 Å². The molecular formula is C13H20. The lowest BCUT2D eigenvalue weighted by Gasteiger charge is -2.38. The normalized spacial score (nSPS) is 53.5. The summed E-state index contributed by atoms with van der Waals surface area (Å²) in [6.45, 7) is 7.53. The summed E-state index contributed by atoms with van der Waals surface area (Å²) in [5, 5.41) is 0. The Morgan fingerprint density at radius 3 is 1.77 bits per heavy atom. The van der Waals surface area contributed by atoms with Crippen molar-refractivity contribution in [2.45, 2.75) is 46.5 Å². The van der Waals surface area contributed by atoms with E-state index in [9.17, 15) is 0 Å². The minimum atomic E-state index is 0.696. The summed E-state index contributed by atoms with van der Waals surface area (Å²) in [5.74, 6) is 1.13. The molecule has 0 heteroatoms. The predicted octanol–water partition coefficient (Wildman–Crippen LogP) is 3.47. The summed E-state index contributed by atoms with van der Waals surface area (Å²) >= 11 is 0. The highest BCUT2D eigenvalue weighted by Crippen LogP contribution is 2.92. The molecule has 0 aromatic rings. The van der Waals surface area contributed by atoms with E-state index < -0.39 is 0 Å². The third-order valence-corrected chi connectivity index (χ3v) is 5.99. The number of rotatable bonds is 0. The second-order valence-corrected chi connectivity index (χ2v) is 5.70. The third kappa shape index (κ3) is 0.583. The standard InChI is InChI=1S/C11H18.C2H2/c1-9(2)10(3)6-4-8-5-7-11(8,9)10;1-2/h8H,4-7H2,1-3H3;1-2H. The van der Waals surface area contributed by atoms with E-state index >= 15 is 0 Å². The summed E-state index contributed by atoms with van der Waals surface area (Å²) in [6, 6.07) is 0. The van der Waals surface area contributed by atoms with Gasteiger partial charge in [-0.1, -0.05) is 20.8 Å². The summed E-state index contributed by atoms with van der Waals surface area (Å²) < 4.78 is 0. The van der Waals surface area contributed by atoms with Gasteiger partial charge in [0, 0.05) is 0 Å². The van der Waals surface area contributed by atoms with Crippen LogP contribution in [0.5, 0.6) is 0 Å². The molecule has 0 heterocycles. The summed E-state index contributed by atoms with van der Waals surface area (Å²) in [7, 11) is 0. The molecule has 0 nitrogen and oxygen atoms in total. The Kier molecular flexibility index (Phi) is 1.50. The average molecular weight is 176 g/mol. The van der Waals surface area contributed by atoms with Crippen molar-refractivity contribution in [3.8, 4) is 12.8 Å². The van der Waals surface area contributed by atoms with Gasteiger partial charge in [0.05, 0.1) is 0 Å². The molecule has 3 aliphatic rings. The molecule has 0 aliphatic heterocycles. The molecule has 3 saturated carbocycles. The first kappa shape index (κ1) is 9.13. The topological polar surface area (TPSA) is 0 Å². The predicted molar refractivity (Wildman–Crippen MR) is 56.2 cm³/mol. The van der Waals surface area contributed by atoms with Crippen LogP contribution in [0.2, 0.25) is 0 Å². The summed E-state index contributed by atoms with van der Waals surface area (Å²) in [4.78, 5) is 0. The lowest BCUT2D eigenvalue weighted by Crippen LogP contribution is -2.30. The highest BCUT2D eigenvalue weighted by molar-refractivity contribution is 5.33. The van der Waals surface area contributed by atoms with Crippen molar-refractivity contribution >= 4 is 0 Å². The van der Waals surface area contributed by atoms with Crippen LogP contribution in [0.3, 0.4) is 0 Å². The van der Waals surface area contributed by atoms with Crippen LogP contribution in [0, 0.1) is 35.0 Å². The van der Waals surface area contributed by atoms with Gasteiger partial charge in [-0.05, 0) is 47.8 Å². The van der Waals surface area contributed by atoms with E-state index in [1.807, 2.05) is 0 Å². The molecule has 0 saturated heterocycles. The monoisotopic (exact) mass is 176 g/mol. The Balaban J connectivity index is 0.000000308. The van der Waals surface area contributed by atoms with Crippen LogP contribution in [-0.2, 0) is 0 Å². The quantitative estimate of drug-likeness (QED) is 0.496. The maximum absolute atomic E-state index is 4.00. The average Bonchev–Trinajstić information content (AvgIpc) is 2.33. The van der Waals surface area contributed by atoms with E-state index in [4.69, 9.17) is 0 Å². The molecule has 0 aromatic carbocycles. The number of hydrogen-bond acceptors (Lipinski definition) is 0. The molecule has 3 unspecified atom stereocenters. The Morgan fingerprint density at radius 2 is 1.54 bits per heavy atom. The zero-order valence-corrected chi connectivity index (χ0v) is 9.06. The molecule has 1 spiro atoms. The molecule has 0 aromatic heterocycles. The number of terminal acetylenes is 1. The smallest absolute Gasteiger partial charge is 0.0153 e. The van der Waals surface area contributed by atoms with Crippen molar-refractivity contribution in [1.29, 1.82) is 0 Å². The number of hydrogen-bond donors (Lipinski definition) is 0. The van der Waals surface area contributed by atoms with Crippen molar-refractivity contribution in [2.24, 2.45) is 22.2 Å². The summed E-state index contributed by atoms with van der Waals surface area (Å²) in [5.41, 5.74) is 2.28. The van der Waals surface area contributed by atoms with Gasteiger partial charge in [-0.25, -0.2) is 0 Å². The van der Waals surface area contributed by atoms with Gasteiger partial charge in [0.2, 0.25) is 0 Å². The SMILES string of the molecule is C#C.CC1(C)C2(C)CCC3CCC312. The minimum Gasteiger partial charge on any atom is -0.124 e. The zero-order valence-electron chi connectivity index (χ0n) is 9.06. The van der Waals surface area contributed by atoms with Gasteiger partial charge in [0.1, 0.15) is 0 Å². The molecule has 13 heavy (non-hydrogen) atoms. The fourth-order valence-corrected chi connectivity index (χ4v) is 4.91. The molecule has 0 radical (unpaired) electrons. The van der Waals surface area contributed by atoms with Crippen molar-refractivity contribution in [2.75, 3.05) is 0 Å². The Bertz CT molecular complexity index is 260. The molecule has 3 rings (SSSR count). The first-order valence-corrected chi connectivity index (χ1v) is 5.40. The second kappa shape index (κ2) is 2.14. The van der Waals surface area contributed by atoms with Crippen LogP contribution in [0.4, 0.5) is 0 Å². The van der Waals surface area contributed by atoms with Crippen molar-refractivity contribution in [3.05, 3.63) is 0 Å². The fraction of sp³-hybridized carbons (Fsp3) is 0.846. The van der Waals surface area contributed by atoms with E-state index in [1.54, 1.807) is 19.3 Å². The highest BCUT2D eigenvalue weighted by Gasteiger charge is 2.86. The van der Waals surface area contributed by atoms with E-state index in [0.717, 1.165) is 16.7 Å². The Morgan fingerprint density at radius 1 is 1.00 bits per heavy atom. The minimum absolute atomic E-state index is 0.696. The van der Waals surface area contributed by atoms with Crippen LogP contribution >= 0.6 is 0 Å². The van der Waals surface area contributed by atoms with Crippen molar-refractivity contribution < 1.29 is 0 Å². The molecule has 0 amide bonds. The molecular weight excluding hydrogens is 156 g/mol. The maximum atomic E-state index is 4.00. The zero-order chi connectivity index (χ0) is 9.91. The van der Waals surface area contributed by atoms with Crippen LogP contribution < -0.4 is 0 Å². The van der Waals surface area contributed by atoms with Gasteiger partial charge in [0.15, 0.2) is 0 Å². The second-order valence-electron chi connectivity index (χ2n) is 5.70. The molecule has 0 N–H and O–H groups in total. The Labute approximate surface area is 82.1 Å². The maximum Gasteiger partial charge on any atom is -0.0153 e. The van der Waals surface area contributed by atoms with Crippen molar-refractivity contribution in [1.82, 2.24) is 0 Å². The Hall–Kier alpha value is -0.440.